The van der Waals surface area contributed by atoms with Gasteiger partial charge in [-0.3, -0.25) is 4.68 Å². The number of pyridine rings is 1. The van der Waals surface area contributed by atoms with Crippen molar-refractivity contribution in [2.45, 2.75) is 23.2 Å². The van der Waals surface area contributed by atoms with Crippen LogP contribution in [0.1, 0.15) is 21.7 Å². The summed E-state index contributed by atoms with van der Waals surface area (Å²) in [6.07, 6.45) is -4.63. The van der Waals surface area contributed by atoms with Crippen molar-refractivity contribution in [2.75, 3.05) is 0 Å². The summed E-state index contributed by atoms with van der Waals surface area (Å²) >= 11 is 0.829. The van der Waals surface area contributed by atoms with E-state index in [2.05, 4.69) is 10.1 Å². The Kier molecular flexibility index (Phi) is 3.95. The average Bonchev–Trinajstić information content (AvgIpc) is 2.66. The molecule has 0 unspecified atom stereocenters. The first-order chi connectivity index (χ1) is 9.68. The van der Waals surface area contributed by atoms with Gasteiger partial charge in [0.2, 0.25) is 0 Å². The van der Waals surface area contributed by atoms with Crippen molar-refractivity contribution in [3.05, 3.63) is 35.2 Å². The summed E-state index contributed by atoms with van der Waals surface area (Å²) in [6.45, 7) is 1.72. The normalized spacial score (nSPS) is 11.7. The van der Waals surface area contributed by atoms with Crippen molar-refractivity contribution >= 4 is 17.7 Å². The molecule has 2 aromatic rings. The van der Waals surface area contributed by atoms with Crippen LogP contribution in [0.5, 0.6) is 0 Å². The van der Waals surface area contributed by atoms with Crippen molar-refractivity contribution in [1.82, 2.24) is 14.8 Å². The van der Waals surface area contributed by atoms with Crippen LogP contribution in [-0.4, -0.2) is 25.8 Å². The summed E-state index contributed by atoms with van der Waals surface area (Å²) in [5, 5.41) is 13.4. The van der Waals surface area contributed by atoms with Gasteiger partial charge in [-0.15, -0.1) is 0 Å². The highest BCUT2D eigenvalue weighted by molar-refractivity contribution is 7.99. The van der Waals surface area contributed by atoms with E-state index in [1.54, 1.807) is 20.0 Å². The monoisotopic (exact) mass is 317 g/mol. The lowest BCUT2D eigenvalue weighted by Crippen LogP contribution is -2.11. The number of alkyl halides is 3. The zero-order chi connectivity index (χ0) is 15.8. The van der Waals surface area contributed by atoms with E-state index >= 15 is 0 Å². The van der Waals surface area contributed by atoms with Gasteiger partial charge in [-0.1, -0.05) is 0 Å². The Bertz CT molecular complexity index is 698. The molecule has 0 spiro atoms. The topological polar surface area (TPSA) is 68.0 Å². The quantitative estimate of drug-likeness (QED) is 0.942. The SMILES string of the molecule is Cc1cc(Sc2nc(C(F)(F)F)ccc2C(=O)O)n(C)n1. The Balaban J connectivity index is 2.49. The van der Waals surface area contributed by atoms with Gasteiger partial charge in [0, 0.05) is 7.05 Å². The van der Waals surface area contributed by atoms with Crippen LogP contribution in [0.25, 0.3) is 0 Å². The van der Waals surface area contributed by atoms with Gasteiger partial charge in [0.15, 0.2) is 0 Å². The van der Waals surface area contributed by atoms with Gasteiger partial charge in [0.05, 0.1) is 11.3 Å². The van der Waals surface area contributed by atoms with E-state index in [0.29, 0.717) is 16.8 Å². The van der Waals surface area contributed by atoms with Crippen molar-refractivity contribution in [3.63, 3.8) is 0 Å². The third kappa shape index (κ3) is 3.35. The molecule has 0 aliphatic carbocycles. The van der Waals surface area contributed by atoms with E-state index in [0.717, 1.165) is 17.8 Å². The summed E-state index contributed by atoms with van der Waals surface area (Å²) in [5.74, 6) is -1.34. The third-order valence-electron chi connectivity index (χ3n) is 2.54. The second kappa shape index (κ2) is 5.40. The van der Waals surface area contributed by atoms with Crippen LogP contribution in [-0.2, 0) is 13.2 Å². The fourth-order valence-electron chi connectivity index (χ4n) is 1.62. The molecule has 2 aromatic heterocycles. The molecule has 0 aromatic carbocycles. The molecule has 0 aliphatic heterocycles. The number of carboxylic acids is 1. The molecule has 0 bridgehead atoms. The smallest absolute Gasteiger partial charge is 0.433 e. The van der Waals surface area contributed by atoms with E-state index in [9.17, 15) is 18.0 Å². The van der Waals surface area contributed by atoms with Crippen molar-refractivity contribution in [2.24, 2.45) is 7.05 Å². The Labute approximate surface area is 121 Å². The lowest BCUT2D eigenvalue weighted by molar-refractivity contribution is -0.141. The Morgan fingerprint density at radius 2 is 2.05 bits per heavy atom. The largest absolute Gasteiger partial charge is 0.478 e. The van der Waals surface area contributed by atoms with Crippen LogP contribution in [0.2, 0.25) is 0 Å². The highest BCUT2D eigenvalue weighted by Gasteiger charge is 2.33. The molecule has 21 heavy (non-hydrogen) atoms. The molecule has 2 heterocycles. The maximum absolute atomic E-state index is 12.7. The molecular formula is C12H10F3N3O2S. The number of carboxylic acid groups (broad SMARTS) is 1. The van der Waals surface area contributed by atoms with Crippen LogP contribution in [0.3, 0.4) is 0 Å². The zero-order valence-electron chi connectivity index (χ0n) is 11.0. The maximum Gasteiger partial charge on any atom is 0.433 e. The van der Waals surface area contributed by atoms with Crippen molar-refractivity contribution in [3.8, 4) is 0 Å². The number of halogens is 3. The number of aryl methyl sites for hydroxylation is 2. The van der Waals surface area contributed by atoms with Gasteiger partial charge in [0.1, 0.15) is 15.7 Å². The first-order valence-corrected chi connectivity index (χ1v) is 6.50. The molecule has 0 saturated heterocycles. The van der Waals surface area contributed by atoms with Gasteiger partial charge < -0.3 is 5.11 Å². The van der Waals surface area contributed by atoms with Gasteiger partial charge in [-0.25, -0.2) is 9.78 Å². The van der Waals surface area contributed by atoms with Crippen molar-refractivity contribution in [1.29, 1.82) is 0 Å². The molecule has 0 radical (unpaired) electrons. The summed E-state index contributed by atoms with van der Waals surface area (Å²) < 4.78 is 39.5. The Morgan fingerprint density at radius 3 is 2.52 bits per heavy atom. The third-order valence-corrected chi connectivity index (χ3v) is 3.64. The highest BCUT2D eigenvalue weighted by Crippen LogP contribution is 2.33. The predicted octanol–water partition coefficient (Wildman–Crippen LogP) is 2.99. The van der Waals surface area contributed by atoms with E-state index in [1.807, 2.05) is 0 Å². The van der Waals surface area contributed by atoms with Crippen LogP contribution >= 0.6 is 11.8 Å². The standard InChI is InChI=1S/C12H10F3N3O2S/c1-6-5-9(18(2)17-6)21-10-7(11(19)20)3-4-8(16-10)12(13,14)15/h3-5H,1-2H3,(H,19,20). The molecule has 2 rings (SSSR count). The molecule has 9 heteroatoms. The summed E-state index contributed by atoms with van der Waals surface area (Å²) in [7, 11) is 1.61. The molecular weight excluding hydrogens is 307 g/mol. The molecule has 112 valence electrons. The maximum atomic E-state index is 12.7. The van der Waals surface area contributed by atoms with E-state index in [1.165, 1.54) is 4.68 Å². The van der Waals surface area contributed by atoms with Gasteiger partial charge in [-0.05, 0) is 36.9 Å². The van der Waals surface area contributed by atoms with E-state index in [4.69, 9.17) is 5.11 Å². The highest BCUT2D eigenvalue weighted by atomic mass is 32.2. The van der Waals surface area contributed by atoms with Crippen molar-refractivity contribution < 1.29 is 23.1 Å². The average molecular weight is 317 g/mol. The summed E-state index contributed by atoms with van der Waals surface area (Å²) in [6, 6.07) is 3.20. The van der Waals surface area contributed by atoms with E-state index in [-0.39, 0.29) is 10.6 Å². The van der Waals surface area contributed by atoms with E-state index < -0.39 is 17.8 Å². The molecule has 0 amide bonds. The number of rotatable bonds is 3. The van der Waals surface area contributed by atoms with Crippen LogP contribution in [0.15, 0.2) is 28.3 Å². The molecule has 1 N–H and O–H groups in total. The van der Waals surface area contributed by atoms with Crippen LogP contribution in [0.4, 0.5) is 13.2 Å². The number of aromatic carboxylic acids is 1. The zero-order valence-corrected chi connectivity index (χ0v) is 11.8. The van der Waals surface area contributed by atoms with Crippen LogP contribution in [0, 0.1) is 6.92 Å². The minimum absolute atomic E-state index is 0.222. The number of nitrogens with zero attached hydrogens (tertiary/aromatic N) is 3. The van der Waals surface area contributed by atoms with Crippen LogP contribution < -0.4 is 0 Å². The van der Waals surface area contributed by atoms with Gasteiger partial charge >= 0.3 is 12.1 Å². The molecule has 0 fully saturated rings. The Hall–Kier alpha value is -2.03. The lowest BCUT2D eigenvalue weighted by atomic mass is 10.2. The number of carbonyl (C=O) groups is 1. The molecule has 0 atom stereocenters. The summed E-state index contributed by atoms with van der Waals surface area (Å²) in [5.41, 5.74) is -0.746. The molecule has 5 nitrogen and oxygen atoms in total. The minimum Gasteiger partial charge on any atom is -0.478 e. The van der Waals surface area contributed by atoms with Gasteiger partial charge in [0.25, 0.3) is 0 Å². The first kappa shape index (κ1) is 15.4. The second-order valence-corrected chi connectivity index (χ2v) is 5.21. The summed E-state index contributed by atoms with van der Waals surface area (Å²) in [4.78, 5) is 14.5. The minimum atomic E-state index is -4.63. The lowest BCUT2D eigenvalue weighted by Gasteiger charge is -2.10. The number of hydrogen-bond acceptors (Lipinski definition) is 4. The second-order valence-electron chi connectivity index (χ2n) is 4.20. The predicted molar refractivity (Wildman–Crippen MR) is 68.3 cm³/mol. The Morgan fingerprint density at radius 1 is 1.38 bits per heavy atom. The molecule has 0 saturated carbocycles. The number of hydrogen-bond donors (Lipinski definition) is 1. The first-order valence-electron chi connectivity index (χ1n) is 5.68. The van der Waals surface area contributed by atoms with Gasteiger partial charge in [-0.2, -0.15) is 18.3 Å². The fourth-order valence-corrected chi connectivity index (χ4v) is 2.63. The fraction of sp³-hybridized carbons (Fsp3) is 0.250. The number of aromatic nitrogens is 3. The molecule has 0 aliphatic rings.